The highest BCUT2D eigenvalue weighted by atomic mass is 16.5. The number of aromatic nitrogens is 3. The van der Waals surface area contributed by atoms with Gasteiger partial charge in [0, 0.05) is 57.4 Å². The fourth-order valence-corrected chi connectivity index (χ4v) is 3.78. The Bertz CT molecular complexity index is 753. The van der Waals surface area contributed by atoms with E-state index in [0.717, 1.165) is 50.6 Å². The van der Waals surface area contributed by atoms with Gasteiger partial charge >= 0.3 is 0 Å². The summed E-state index contributed by atoms with van der Waals surface area (Å²) in [5.41, 5.74) is 3.34. The zero-order valence-corrected chi connectivity index (χ0v) is 15.1. The second-order valence-corrected chi connectivity index (χ2v) is 7.30. The molecule has 0 N–H and O–H groups in total. The van der Waals surface area contributed by atoms with Crippen molar-refractivity contribution < 1.29 is 9.32 Å². The summed E-state index contributed by atoms with van der Waals surface area (Å²) in [4.78, 5) is 17.1. The maximum atomic E-state index is 12.7. The van der Waals surface area contributed by atoms with Gasteiger partial charge in [0.05, 0.1) is 11.9 Å². The molecule has 0 aromatic carbocycles. The number of rotatable bonds is 4. The van der Waals surface area contributed by atoms with E-state index in [1.165, 1.54) is 11.1 Å². The van der Waals surface area contributed by atoms with Crippen LogP contribution in [0, 0.1) is 19.8 Å². The molecule has 2 aromatic heterocycles. The summed E-state index contributed by atoms with van der Waals surface area (Å²) >= 11 is 0. The van der Waals surface area contributed by atoms with Gasteiger partial charge in [-0.15, -0.1) is 0 Å². The summed E-state index contributed by atoms with van der Waals surface area (Å²) in [6.45, 7) is 8.21. The molecule has 3 heterocycles. The van der Waals surface area contributed by atoms with E-state index in [0.29, 0.717) is 11.8 Å². The van der Waals surface area contributed by atoms with Gasteiger partial charge in [-0.05, 0) is 31.7 Å². The quantitative estimate of drug-likeness (QED) is 0.841. The van der Waals surface area contributed by atoms with Crippen molar-refractivity contribution in [1.29, 1.82) is 0 Å². The second-order valence-electron chi connectivity index (χ2n) is 7.30. The Morgan fingerprint density at radius 2 is 2.04 bits per heavy atom. The highest BCUT2D eigenvalue weighted by Gasteiger charge is 2.46. The molecule has 0 radical (unpaired) electrons. The van der Waals surface area contributed by atoms with E-state index >= 15 is 0 Å². The molecule has 134 valence electrons. The fourth-order valence-electron chi connectivity index (χ4n) is 3.78. The van der Waals surface area contributed by atoms with Crippen molar-refractivity contribution in [1.82, 2.24) is 24.7 Å². The first-order chi connectivity index (χ1) is 12.0. The first-order valence-corrected chi connectivity index (χ1v) is 8.94. The van der Waals surface area contributed by atoms with Crippen molar-refractivity contribution in [2.24, 2.45) is 13.0 Å². The first-order valence-electron chi connectivity index (χ1n) is 8.94. The van der Waals surface area contributed by atoms with Crippen molar-refractivity contribution in [2.45, 2.75) is 32.7 Å². The summed E-state index contributed by atoms with van der Waals surface area (Å²) < 4.78 is 7.05. The van der Waals surface area contributed by atoms with Crippen LogP contribution < -0.4 is 0 Å². The van der Waals surface area contributed by atoms with Gasteiger partial charge in [-0.1, -0.05) is 5.16 Å². The molecular weight excluding hydrogens is 318 g/mol. The van der Waals surface area contributed by atoms with E-state index in [4.69, 9.17) is 4.52 Å². The predicted molar refractivity (Wildman–Crippen MR) is 91.9 cm³/mol. The van der Waals surface area contributed by atoms with Crippen LogP contribution in [0.25, 0.3) is 0 Å². The third-order valence-corrected chi connectivity index (χ3v) is 5.51. The monoisotopic (exact) mass is 343 g/mol. The van der Waals surface area contributed by atoms with Crippen molar-refractivity contribution >= 4 is 5.91 Å². The molecule has 0 spiro atoms. The van der Waals surface area contributed by atoms with Crippen LogP contribution in [0.4, 0.5) is 0 Å². The van der Waals surface area contributed by atoms with E-state index in [1.54, 1.807) is 0 Å². The van der Waals surface area contributed by atoms with Crippen LogP contribution in [-0.4, -0.2) is 56.8 Å². The van der Waals surface area contributed by atoms with Crippen LogP contribution in [0.3, 0.4) is 0 Å². The molecule has 0 unspecified atom stereocenters. The first kappa shape index (κ1) is 16.3. The molecule has 2 aromatic rings. The highest BCUT2D eigenvalue weighted by molar-refractivity contribution is 5.83. The summed E-state index contributed by atoms with van der Waals surface area (Å²) in [5.74, 6) is 1.72. The summed E-state index contributed by atoms with van der Waals surface area (Å²) in [6, 6.07) is 0. The van der Waals surface area contributed by atoms with Crippen LogP contribution in [0.1, 0.15) is 34.9 Å². The van der Waals surface area contributed by atoms with E-state index in [9.17, 15) is 4.79 Å². The molecule has 2 aliphatic rings. The lowest BCUT2D eigenvalue weighted by atomic mass is 10.1. The standard InChI is InChI=1S/C18H25N5O2/c1-12-17(13(2)25-20-12)11-22-4-6-23(7-5-22)18(24)16-8-15(16)14-9-19-21(3)10-14/h9-10,15-16H,4-8,11H2,1-3H3/t15-,16+/m1/s1. The van der Waals surface area contributed by atoms with Crippen molar-refractivity contribution in [3.8, 4) is 0 Å². The molecule has 1 aliphatic carbocycles. The zero-order chi connectivity index (χ0) is 17.6. The van der Waals surface area contributed by atoms with Gasteiger partial charge in [-0.2, -0.15) is 5.10 Å². The lowest BCUT2D eigenvalue weighted by Gasteiger charge is -2.34. The Hall–Kier alpha value is -2.15. The van der Waals surface area contributed by atoms with Gasteiger partial charge in [0.1, 0.15) is 5.76 Å². The molecule has 0 bridgehead atoms. The Kier molecular flexibility index (Phi) is 4.11. The maximum absolute atomic E-state index is 12.7. The van der Waals surface area contributed by atoms with Crippen molar-refractivity contribution in [2.75, 3.05) is 26.2 Å². The molecule has 1 amide bonds. The lowest BCUT2D eigenvalue weighted by molar-refractivity contribution is -0.134. The molecule has 1 saturated carbocycles. The number of amides is 1. The lowest BCUT2D eigenvalue weighted by Crippen LogP contribution is -2.48. The molecular formula is C18H25N5O2. The normalized spacial score (nSPS) is 23.9. The van der Waals surface area contributed by atoms with Crippen LogP contribution in [0.15, 0.2) is 16.9 Å². The van der Waals surface area contributed by atoms with Crippen LogP contribution in [0.2, 0.25) is 0 Å². The zero-order valence-electron chi connectivity index (χ0n) is 15.1. The largest absolute Gasteiger partial charge is 0.361 e. The minimum atomic E-state index is 0.151. The third kappa shape index (κ3) is 3.20. The van der Waals surface area contributed by atoms with Gasteiger partial charge in [-0.25, -0.2) is 0 Å². The number of hydrogen-bond donors (Lipinski definition) is 0. The maximum Gasteiger partial charge on any atom is 0.226 e. The van der Waals surface area contributed by atoms with E-state index in [-0.39, 0.29) is 5.92 Å². The minimum absolute atomic E-state index is 0.151. The number of nitrogens with zero attached hydrogens (tertiary/aromatic N) is 5. The Labute approximate surface area is 147 Å². The molecule has 7 heteroatoms. The van der Waals surface area contributed by atoms with Gasteiger partial charge in [0.15, 0.2) is 0 Å². The Morgan fingerprint density at radius 3 is 2.64 bits per heavy atom. The smallest absolute Gasteiger partial charge is 0.226 e. The summed E-state index contributed by atoms with van der Waals surface area (Å²) in [6.07, 6.45) is 4.88. The van der Waals surface area contributed by atoms with Gasteiger partial charge in [-0.3, -0.25) is 14.4 Å². The number of piperazine rings is 1. The van der Waals surface area contributed by atoms with Crippen molar-refractivity contribution in [3.63, 3.8) is 0 Å². The molecule has 1 aliphatic heterocycles. The SMILES string of the molecule is Cc1noc(C)c1CN1CCN(C(=O)[C@H]2C[C@@H]2c2cnn(C)c2)CC1. The van der Waals surface area contributed by atoms with E-state index in [2.05, 4.69) is 15.2 Å². The minimum Gasteiger partial charge on any atom is -0.361 e. The second kappa shape index (κ2) is 6.29. The van der Waals surface area contributed by atoms with E-state index in [1.807, 2.05) is 42.9 Å². The molecule has 4 rings (SSSR count). The number of hydrogen-bond acceptors (Lipinski definition) is 5. The molecule has 7 nitrogen and oxygen atoms in total. The average molecular weight is 343 g/mol. The highest BCUT2D eigenvalue weighted by Crippen LogP contribution is 2.48. The number of carbonyl (C=O) groups is 1. The number of aryl methyl sites for hydroxylation is 3. The summed E-state index contributed by atoms with van der Waals surface area (Å²) in [5, 5.41) is 8.24. The Morgan fingerprint density at radius 1 is 1.28 bits per heavy atom. The summed E-state index contributed by atoms with van der Waals surface area (Å²) in [7, 11) is 1.92. The number of carbonyl (C=O) groups excluding carboxylic acids is 1. The molecule has 2 fully saturated rings. The topological polar surface area (TPSA) is 67.4 Å². The molecule has 1 saturated heterocycles. The van der Waals surface area contributed by atoms with Gasteiger partial charge in [0.25, 0.3) is 0 Å². The van der Waals surface area contributed by atoms with Gasteiger partial charge in [0.2, 0.25) is 5.91 Å². The fraction of sp³-hybridized carbons (Fsp3) is 0.611. The van der Waals surface area contributed by atoms with Crippen LogP contribution >= 0.6 is 0 Å². The van der Waals surface area contributed by atoms with Crippen molar-refractivity contribution in [3.05, 3.63) is 35.0 Å². The predicted octanol–water partition coefficient (Wildman–Crippen LogP) is 1.47. The molecule has 25 heavy (non-hydrogen) atoms. The molecule has 2 atom stereocenters. The third-order valence-electron chi connectivity index (χ3n) is 5.51. The van der Waals surface area contributed by atoms with Gasteiger partial charge < -0.3 is 9.42 Å². The van der Waals surface area contributed by atoms with Crippen LogP contribution in [0.5, 0.6) is 0 Å². The Balaban J connectivity index is 1.30. The van der Waals surface area contributed by atoms with E-state index < -0.39 is 0 Å². The van der Waals surface area contributed by atoms with Crippen LogP contribution in [-0.2, 0) is 18.4 Å². The average Bonchev–Trinajstić information content (AvgIpc) is 3.20.